The van der Waals surface area contributed by atoms with Crippen molar-refractivity contribution in [1.29, 1.82) is 0 Å². The molecule has 3 N–H and O–H groups in total. The van der Waals surface area contributed by atoms with Crippen LogP contribution < -0.4 is 16.0 Å². The third kappa shape index (κ3) is 6.16. The minimum absolute atomic E-state index is 0.00138. The summed E-state index contributed by atoms with van der Waals surface area (Å²) in [5.41, 5.74) is -1.69. The summed E-state index contributed by atoms with van der Waals surface area (Å²) >= 11 is 18.6. The number of alkyl halides is 5. The predicted molar refractivity (Wildman–Crippen MR) is 141 cm³/mol. The molecule has 14 heteroatoms. The number of carbonyl (C=O) groups is 3. The van der Waals surface area contributed by atoms with Crippen LogP contribution >= 0.6 is 34.8 Å². The van der Waals surface area contributed by atoms with Crippen molar-refractivity contribution < 1.29 is 36.3 Å². The van der Waals surface area contributed by atoms with Gasteiger partial charge in [-0.3, -0.25) is 14.4 Å². The number of amides is 3. The number of benzene rings is 3. The van der Waals surface area contributed by atoms with Gasteiger partial charge < -0.3 is 16.0 Å². The summed E-state index contributed by atoms with van der Waals surface area (Å²) < 4.78 is 65.8. The number of anilines is 3. The van der Waals surface area contributed by atoms with E-state index in [1.165, 1.54) is 31.2 Å². The molecule has 3 amide bonds. The van der Waals surface area contributed by atoms with Crippen LogP contribution in [0.15, 0.2) is 54.6 Å². The number of hydrogen-bond acceptors (Lipinski definition) is 3. The van der Waals surface area contributed by atoms with Crippen LogP contribution in [0.5, 0.6) is 0 Å². The first-order valence-electron chi connectivity index (χ1n) is 11.3. The number of halogens is 8. The van der Waals surface area contributed by atoms with Crippen LogP contribution in [0.4, 0.5) is 39.0 Å². The van der Waals surface area contributed by atoms with E-state index in [1.807, 2.05) is 0 Å². The fourth-order valence-electron chi connectivity index (χ4n) is 4.11. The molecular weight excluding hydrogens is 604 g/mol. The first-order valence-corrected chi connectivity index (χ1v) is 12.5. The molecule has 0 bridgehead atoms. The van der Waals surface area contributed by atoms with Gasteiger partial charge in [0.05, 0.1) is 27.8 Å². The van der Waals surface area contributed by atoms with Crippen molar-refractivity contribution in [3.8, 4) is 0 Å². The first kappa shape index (κ1) is 29.6. The molecule has 0 aromatic heterocycles. The molecule has 1 aliphatic carbocycles. The Morgan fingerprint density at radius 1 is 0.850 bits per heavy atom. The van der Waals surface area contributed by atoms with Crippen molar-refractivity contribution in [2.75, 3.05) is 16.0 Å². The summed E-state index contributed by atoms with van der Waals surface area (Å²) in [7, 11) is 0. The zero-order valence-electron chi connectivity index (χ0n) is 20.1. The van der Waals surface area contributed by atoms with Crippen molar-refractivity contribution in [3.63, 3.8) is 0 Å². The number of nitrogens with one attached hydrogen (secondary N) is 3. The number of hydrogen-bond donors (Lipinski definition) is 3. The van der Waals surface area contributed by atoms with Crippen molar-refractivity contribution in [3.05, 3.63) is 87.9 Å². The van der Waals surface area contributed by atoms with Crippen molar-refractivity contribution in [2.45, 2.75) is 23.4 Å². The maximum absolute atomic E-state index is 14.5. The third-order valence-electron chi connectivity index (χ3n) is 6.01. The molecule has 3 aromatic carbocycles. The summed E-state index contributed by atoms with van der Waals surface area (Å²) in [5, 5.41) is 7.35. The van der Waals surface area contributed by atoms with Crippen LogP contribution in [-0.2, 0) is 15.8 Å². The van der Waals surface area contributed by atoms with Gasteiger partial charge >= 0.3 is 6.18 Å². The van der Waals surface area contributed by atoms with Gasteiger partial charge in [-0.15, -0.1) is 23.2 Å². The summed E-state index contributed by atoms with van der Waals surface area (Å²) in [6, 6.07) is 9.67. The molecule has 0 heterocycles. The summed E-state index contributed by atoms with van der Waals surface area (Å²) in [5.74, 6) is -6.71. The predicted octanol–water partition coefficient (Wildman–Crippen LogP) is 7.37. The third-order valence-corrected chi connectivity index (χ3v) is 7.28. The van der Waals surface area contributed by atoms with Gasteiger partial charge in [-0.25, -0.2) is 8.78 Å². The monoisotopic (exact) mass is 619 g/mol. The largest absolute Gasteiger partial charge is 0.419 e. The molecule has 0 saturated heterocycles. The topological polar surface area (TPSA) is 87.3 Å². The van der Waals surface area contributed by atoms with E-state index in [2.05, 4.69) is 16.0 Å². The van der Waals surface area contributed by atoms with Gasteiger partial charge in [0.2, 0.25) is 11.8 Å². The molecule has 0 aliphatic heterocycles. The summed E-state index contributed by atoms with van der Waals surface area (Å²) in [6.07, 6.45) is -4.96. The summed E-state index contributed by atoms with van der Waals surface area (Å²) in [6.45, 7) is 1.24. The van der Waals surface area contributed by atoms with Crippen LogP contribution in [0.25, 0.3) is 0 Å². The minimum Gasteiger partial charge on any atom is -0.326 e. The average molecular weight is 621 g/mol. The standard InChI is InChI=1S/C26H17Cl3F5N3O3/c1-11(38)35-13-3-5-15(19(31)9-13)23(39)37-20-10-14(4-6-17(20)27)36-24(40)22-21(25(22,28)29)12-2-7-18(30)16(8-12)26(32,33)34/h2-10,21-22H,1H3,(H,35,38)(H,36,40)(H,37,39). The number of rotatable bonds is 6. The van der Waals surface area contributed by atoms with Gasteiger partial charge in [0.25, 0.3) is 5.91 Å². The lowest BCUT2D eigenvalue weighted by molar-refractivity contribution is -0.140. The fourth-order valence-corrected chi connectivity index (χ4v) is 5.10. The Balaban J connectivity index is 1.50. The maximum Gasteiger partial charge on any atom is 0.419 e. The van der Waals surface area contributed by atoms with Crippen LogP contribution in [0.2, 0.25) is 5.02 Å². The zero-order chi connectivity index (χ0) is 29.6. The molecule has 2 unspecified atom stereocenters. The quantitative estimate of drug-likeness (QED) is 0.199. The van der Waals surface area contributed by atoms with E-state index in [1.54, 1.807) is 0 Å². The Morgan fingerprint density at radius 2 is 1.50 bits per heavy atom. The minimum atomic E-state index is -4.96. The SMILES string of the molecule is CC(=O)Nc1ccc(C(=O)Nc2cc(NC(=O)C3C(c4ccc(F)c(C(F)(F)F)c4)C3(Cl)Cl)ccc2Cl)c(F)c1. The van der Waals surface area contributed by atoms with Crippen molar-refractivity contribution in [1.82, 2.24) is 0 Å². The second-order valence-electron chi connectivity index (χ2n) is 8.88. The second kappa shape index (κ2) is 10.9. The second-order valence-corrected chi connectivity index (χ2v) is 10.7. The average Bonchev–Trinajstić information content (AvgIpc) is 3.42. The highest BCUT2D eigenvalue weighted by molar-refractivity contribution is 6.53. The smallest absolute Gasteiger partial charge is 0.326 e. The Kier molecular flexibility index (Phi) is 8.04. The first-order chi connectivity index (χ1) is 18.6. The lowest BCUT2D eigenvalue weighted by atomic mass is 10.0. The lowest BCUT2D eigenvalue weighted by Crippen LogP contribution is -2.18. The van der Waals surface area contributed by atoms with Gasteiger partial charge in [0.1, 0.15) is 16.0 Å². The molecule has 3 aromatic rings. The van der Waals surface area contributed by atoms with E-state index in [0.29, 0.717) is 12.1 Å². The molecule has 40 heavy (non-hydrogen) atoms. The highest BCUT2D eigenvalue weighted by atomic mass is 35.5. The highest BCUT2D eigenvalue weighted by Crippen LogP contribution is 2.65. The van der Waals surface area contributed by atoms with Crippen molar-refractivity contribution >= 4 is 69.6 Å². The van der Waals surface area contributed by atoms with Crippen LogP contribution in [0.1, 0.15) is 34.3 Å². The molecular formula is C26H17Cl3F5N3O3. The normalized spacial score (nSPS) is 17.6. The molecule has 0 spiro atoms. The van der Waals surface area contributed by atoms with Crippen LogP contribution in [0.3, 0.4) is 0 Å². The van der Waals surface area contributed by atoms with Gasteiger partial charge in [0, 0.05) is 24.2 Å². The highest BCUT2D eigenvalue weighted by Gasteiger charge is 2.67. The van der Waals surface area contributed by atoms with E-state index in [0.717, 1.165) is 18.2 Å². The molecule has 6 nitrogen and oxygen atoms in total. The van der Waals surface area contributed by atoms with Gasteiger partial charge in [-0.05, 0) is 54.1 Å². The van der Waals surface area contributed by atoms with Gasteiger partial charge in [-0.2, -0.15) is 13.2 Å². The van der Waals surface area contributed by atoms with E-state index < -0.39 is 57.3 Å². The lowest BCUT2D eigenvalue weighted by Gasteiger charge is -2.12. The van der Waals surface area contributed by atoms with E-state index in [9.17, 15) is 36.3 Å². The Labute approximate surface area is 238 Å². The van der Waals surface area contributed by atoms with Gasteiger partial charge in [0.15, 0.2) is 0 Å². The fraction of sp³-hybridized carbons (Fsp3) is 0.192. The molecule has 1 saturated carbocycles. The Bertz CT molecular complexity index is 1530. The van der Waals surface area contributed by atoms with Crippen LogP contribution in [-0.4, -0.2) is 22.1 Å². The van der Waals surface area contributed by atoms with Crippen molar-refractivity contribution in [2.24, 2.45) is 5.92 Å². The van der Waals surface area contributed by atoms with E-state index in [-0.39, 0.29) is 33.2 Å². The molecule has 0 radical (unpaired) electrons. The molecule has 4 rings (SSSR count). The zero-order valence-corrected chi connectivity index (χ0v) is 22.4. The summed E-state index contributed by atoms with van der Waals surface area (Å²) in [4.78, 5) is 36.7. The maximum atomic E-state index is 14.5. The Hall–Kier alpha value is -3.41. The molecule has 1 aliphatic rings. The number of carbonyl (C=O) groups excluding carboxylic acids is 3. The van der Waals surface area contributed by atoms with E-state index in [4.69, 9.17) is 34.8 Å². The Morgan fingerprint density at radius 3 is 2.12 bits per heavy atom. The molecule has 1 fully saturated rings. The van der Waals surface area contributed by atoms with E-state index >= 15 is 0 Å². The molecule has 2 atom stereocenters. The molecule has 210 valence electrons. The van der Waals surface area contributed by atoms with Gasteiger partial charge in [-0.1, -0.05) is 17.7 Å². The van der Waals surface area contributed by atoms with Crippen LogP contribution in [0, 0.1) is 17.6 Å².